The van der Waals surface area contributed by atoms with Crippen LogP contribution in [0.3, 0.4) is 0 Å². The number of carbonyl (C=O) groups is 1. The van der Waals surface area contributed by atoms with E-state index in [1.165, 1.54) is 0 Å². The molecule has 0 saturated heterocycles. The molecule has 0 rings (SSSR count). The summed E-state index contributed by atoms with van der Waals surface area (Å²) in [6, 6.07) is 0. The second-order valence-electron chi connectivity index (χ2n) is 6.71. The lowest BCUT2D eigenvalue weighted by Crippen LogP contribution is -2.42. The van der Waals surface area contributed by atoms with E-state index in [0.29, 0.717) is 26.1 Å². The van der Waals surface area contributed by atoms with E-state index in [9.17, 15) is 4.79 Å². The predicted octanol–water partition coefficient (Wildman–Crippen LogP) is -1.30. The number of carbonyl (C=O) groups excluding carboxylic acids is 1. The molecule has 0 aromatic rings. The van der Waals surface area contributed by atoms with Gasteiger partial charge < -0.3 is 37.6 Å². The lowest BCUT2D eigenvalue weighted by atomic mass is 10.4. The first-order valence-electron chi connectivity index (χ1n) is 11.1. The minimum atomic E-state index is 0.102. The molecule has 0 aliphatic carbocycles. The van der Waals surface area contributed by atoms with Crippen molar-refractivity contribution in [3.05, 3.63) is 0 Å². The Morgan fingerprint density at radius 1 is 0.724 bits per heavy atom. The quantitative estimate of drug-likeness (QED) is 0.161. The molecule has 9 heteroatoms. The normalized spacial score (nSPS) is 10.3. The number of nitrogens with two attached hydrogens (primary N) is 2. The molecule has 0 radical (unpaired) electrons. The monoisotopic (exact) mass is 420 g/mol. The molecule has 0 bridgehead atoms. The topological polar surface area (TPSA) is 124 Å². The Morgan fingerprint density at radius 2 is 1.10 bits per heavy atom. The Kier molecular flexibility index (Phi) is 33.3. The minimum absolute atomic E-state index is 0.102. The Morgan fingerprint density at radius 3 is 1.45 bits per heavy atom. The van der Waals surface area contributed by atoms with E-state index in [2.05, 4.69) is 26.2 Å². The van der Waals surface area contributed by atoms with E-state index in [1.807, 2.05) is 46.8 Å². The second-order valence-corrected chi connectivity index (χ2v) is 6.71. The van der Waals surface area contributed by atoms with Crippen LogP contribution in [0, 0.1) is 0 Å². The van der Waals surface area contributed by atoms with Crippen molar-refractivity contribution in [2.45, 2.75) is 27.2 Å². The fraction of sp³-hybridized carbons (Fsp3) is 0.950. The van der Waals surface area contributed by atoms with Gasteiger partial charge in [0.2, 0.25) is 5.91 Å². The fourth-order valence-corrected chi connectivity index (χ4v) is 2.04. The van der Waals surface area contributed by atoms with Gasteiger partial charge in [0, 0.05) is 85.0 Å². The van der Waals surface area contributed by atoms with Crippen molar-refractivity contribution in [3.63, 3.8) is 0 Å². The molecule has 0 heterocycles. The highest BCUT2D eigenvalue weighted by Gasteiger charge is 2.04. The van der Waals surface area contributed by atoms with Gasteiger partial charge in [-0.1, -0.05) is 20.8 Å². The van der Waals surface area contributed by atoms with Crippen molar-refractivity contribution in [2.24, 2.45) is 11.5 Å². The molecular weight excluding hydrogens is 368 g/mol. The standard InChI is InChI=1S/C15H37N7O.C3H9N.C2H6/c1-2-15(23)21-8-7-20-11-14-22(12-9-18-5-3-16)13-10-19-6-4-17;1-4(2)3;1-2/h18-20H,2-14,16-17H2,1H3,(H,21,23);1-3H3;1-2H3. The van der Waals surface area contributed by atoms with E-state index >= 15 is 0 Å². The molecular formula is C20H52N8O. The van der Waals surface area contributed by atoms with Crippen LogP contribution in [0.4, 0.5) is 0 Å². The maximum atomic E-state index is 11.1. The molecule has 0 aromatic carbocycles. The lowest BCUT2D eigenvalue weighted by molar-refractivity contribution is -0.120. The third-order valence-corrected chi connectivity index (χ3v) is 3.40. The zero-order valence-corrected chi connectivity index (χ0v) is 20.1. The van der Waals surface area contributed by atoms with Gasteiger partial charge in [-0.3, -0.25) is 9.69 Å². The molecule has 178 valence electrons. The molecule has 0 aliphatic heterocycles. The predicted molar refractivity (Wildman–Crippen MR) is 127 cm³/mol. The highest BCUT2D eigenvalue weighted by molar-refractivity contribution is 5.75. The summed E-state index contributed by atoms with van der Waals surface area (Å²) in [5, 5.41) is 12.9. The van der Waals surface area contributed by atoms with Crippen LogP contribution in [0.2, 0.25) is 0 Å². The van der Waals surface area contributed by atoms with Crippen molar-refractivity contribution in [1.82, 2.24) is 31.1 Å². The third-order valence-electron chi connectivity index (χ3n) is 3.40. The van der Waals surface area contributed by atoms with E-state index in [-0.39, 0.29) is 5.91 Å². The molecule has 0 aromatic heterocycles. The van der Waals surface area contributed by atoms with Crippen LogP contribution >= 0.6 is 0 Å². The summed E-state index contributed by atoms with van der Waals surface area (Å²) in [4.78, 5) is 15.5. The van der Waals surface area contributed by atoms with E-state index in [4.69, 9.17) is 11.5 Å². The highest BCUT2D eigenvalue weighted by Crippen LogP contribution is 1.86. The van der Waals surface area contributed by atoms with Gasteiger partial charge in [0.05, 0.1) is 0 Å². The Balaban J connectivity index is -0.000000994. The summed E-state index contributed by atoms with van der Waals surface area (Å²) >= 11 is 0. The van der Waals surface area contributed by atoms with Gasteiger partial charge in [-0.2, -0.15) is 0 Å². The molecule has 0 atom stereocenters. The molecule has 1 amide bonds. The largest absolute Gasteiger partial charge is 0.355 e. The molecule has 0 fully saturated rings. The summed E-state index contributed by atoms with van der Waals surface area (Å²) < 4.78 is 0. The van der Waals surface area contributed by atoms with Crippen LogP contribution in [0.15, 0.2) is 0 Å². The number of nitrogens with one attached hydrogen (secondary N) is 4. The van der Waals surface area contributed by atoms with Crippen molar-refractivity contribution in [3.8, 4) is 0 Å². The molecule has 0 saturated carbocycles. The van der Waals surface area contributed by atoms with E-state index in [0.717, 1.165) is 58.9 Å². The zero-order chi connectivity index (χ0) is 22.8. The number of amides is 1. The van der Waals surface area contributed by atoms with Gasteiger partial charge in [0.25, 0.3) is 0 Å². The molecule has 0 spiro atoms. The molecule has 0 unspecified atom stereocenters. The lowest BCUT2D eigenvalue weighted by Gasteiger charge is -2.23. The average molecular weight is 421 g/mol. The Bertz CT molecular complexity index is 291. The summed E-state index contributed by atoms with van der Waals surface area (Å²) in [6.07, 6.45) is 0.541. The fourth-order valence-electron chi connectivity index (χ4n) is 2.04. The number of hydrogen-bond donors (Lipinski definition) is 6. The molecule has 8 N–H and O–H groups in total. The van der Waals surface area contributed by atoms with Crippen LogP contribution in [-0.2, 0) is 4.79 Å². The first-order valence-corrected chi connectivity index (χ1v) is 11.1. The molecule has 0 aliphatic rings. The van der Waals surface area contributed by atoms with Gasteiger partial charge >= 0.3 is 0 Å². The van der Waals surface area contributed by atoms with Crippen molar-refractivity contribution < 1.29 is 4.79 Å². The number of nitrogens with zero attached hydrogens (tertiary/aromatic N) is 2. The Hall–Kier alpha value is -0.810. The van der Waals surface area contributed by atoms with Crippen molar-refractivity contribution in [1.29, 1.82) is 0 Å². The highest BCUT2D eigenvalue weighted by atomic mass is 16.1. The van der Waals surface area contributed by atoms with E-state index < -0.39 is 0 Å². The molecule has 9 nitrogen and oxygen atoms in total. The summed E-state index contributed by atoms with van der Waals surface area (Å²) in [5.41, 5.74) is 11.0. The van der Waals surface area contributed by atoms with Gasteiger partial charge in [0.1, 0.15) is 0 Å². The zero-order valence-electron chi connectivity index (χ0n) is 20.1. The third kappa shape index (κ3) is 35.0. The van der Waals surface area contributed by atoms with Gasteiger partial charge in [0.15, 0.2) is 0 Å². The second kappa shape index (κ2) is 29.4. The number of rotatable bonds is 17. The van der Waals surface area contributed by atoms with Gasteiger partial charge in [-0.25, -0.2) is 0 Å². The summed E-state index contributed by atoms with van der Waals surface area (Å²) in [6.45, 7) is 16.2. The van der Waals surface area contributed by atoms with Crippen molar-refractivity contribution >= 4 is 5.91 Å². The first-order chi connectivity index (χ1) is 14.0. The summed E-state index contributed by atoms with van der Waals surface area (Å²) in [7, 11) is 6.00. The Labute approximate surface area is 180 Å². The molecule has 29 heavy (non-hydrogen) atoms. The number of hydrogen-bond acceptors (Lipinski definition) is 8. The average Bonchev–Trinajstić information content (AvgIpc) is 2.71. The van der Waals surface area contributed by atoms with Crippen LogP contribution in [0.1, 0.15) is 27.2 Å². The minimum Gasteiger partial charge on any atom is -0.355 e. The van der Waals surface area contributed by atoms with Crippen LogP contribution in [0.5, 0.6) is 0 Å². The van der Waals surface area contributed by atoms with Crippen LogP contribution in [-0.4, -0.2) is 115 Å². The van der Waals surface area contributed by atoms with Crippen LogP contribution < -0.4 is 32.7 Å². The first kappa shape index (κ1) is 32.8. The SMILES string of the molecule is CC.CCC(=O)NCCNCCN(CCNCCN)CCNCCN.CN(C)C. The maximum absolute atomic E-state index is 11.1. The van der Waals surface area contributed by atoms with Gasteiger partial charge in [-0.05, 0) is 21.1 Å². The van der Waals surface area contributed by atoms with Gasteiger partial charge in [-0.15, -0.1) is 0 Å². The van der Waals surface area contributed by atoms with E-state index in [1.54, 1.807) is 0 Å². The van der Waals surface area contributed by atoms with Crippen molar-refractivity contribution in [2.75, 3.05) is 99.7 Å². The maximum Gasteiger partial charge on any atom is 0.219 e. The smallest absolute Gasteiger partial charge is 0.219 e. The van der Waals surface area contributed by atoms with Crippen LogP contribution in [0.25, 0.3) is 0 Å². The summed E-state index contributed by atoms with van der Waals surface area (Å²) in [5.74, 6) is 0.102.